The average molecular weight is 842 g/mol. The number of hydrogen-bond donors (Lipinski definition) is 3. The van der Waals surface area contributed by atoms with Crippen LogP contribution in [0.15, 0.2) is 24.3 Å². The molecule has 1 amide bonds. The highest BCUT2D eigenvalue weighted by Crippen LogP contribution is 2.43. The van der Waals surface area contributed by atoms with Gasteiger partial charge in [-0.3, -0.25) is 13.8 Å². The number of carbonyl (C=O) groups excluding carboxylic acids is 1. The molecule has 0 rings (SSSR count). The maximum absolute atomic E-state index is 12.9. The second-order valence-electron chi connectivity index (χ2n) is 18.2. The van der Waals surface area contributed by atoms with E-state index in [1.807, 2.05) is 21.1 Å². The van der Waals surface area contributed by atoms with Gasteiger partial charge in [0, 0.05) is 6.42 Å². The highest BCUT2D eigenvalue weighted by Gasteiger charge is 2.28. The summed E-state index contributed by atoms with van der Waals surface area (Å²) < 4.78 is 23.7. The summed E-state index contributed by atoms with van der Waals surface area (Å²) in [5.74, 6) is -0.147. The van der Waals surface area contributed by atoms with Crippen LogP contribution in [0, 0.1) is 0 Å². The maximum Gasteiger partial charge on any atom is 0.472 e. The number of rotatable bonds is 45. The van der Waals surface area contributed by atoms with Crippen LogP contribution in [0.25, 0.3) is 0 Å². The van der Waals surface area contributed by atoms with E-state index in [9.17, 15) is 19.4 Å². The lowest BCUT2D eigenvalue weighted by Crippen LogP contribution is -2.46. The third-order valence-corrected chi connectivity index (χ3v) is 12.2. The largest absolute Gasteiger partial charge is 0.472 e. The van der Waals surface area contributed by atoms with Crippen LogP contribution >= 0.6 is 7.82 Å². The molecule has 344 valence electrons. The first-order chi connectivity index (χ1) is 28.0. The van der Waals surface area contributed by atoms with E-state index in [-0.39, 0.29) is 19.1 Å². The molecular formula is C49H98N2O6P+. The van der Waals surface area contributed by atoms with E-state index in [2.05, 4.69) is 43.5 Å². The summed E-state index contributed by atoms with van der Waals surface area (Å²) in [6.07, 6.45) is 49.1. The lowest BCUT2D eigenvalue weighted by molar-refractivity contribution is -0.870. The van der Waals surface area contributed by atoms with Crippen LogP contribution in [0.3, 0.4) is 0 Å². The van der Waals surface area contributed by atoms with Crippen molar-refractivity contribution in [1.82, 2.24) is 5.32 Å². The summed E-state index contributed by atoms with van der Waals surface area (Å²) in [4.78, 5) is 23.2. The zero-order chi connectivity index (χ0) is 42.8. The van der Waals surface area contributed by atoms with E-state index in [4.69, 9.17) is 9.05 Å². The summed E-state index contributed by atoms with van der Waals surface area (Å²) >= 11 is 0. The second-order valence-corrected chi connectivity index (χ2v) is 19.6. The number of amides is 1. The van der Waals surface area contributed by atoms with Crippen molar-refractivity contribution in [3.05, 3.63) is 24.3 Å². The number of hydrogen-bond acceptors (Lipinski definition) is 5. The van der Waals surface area contributed by atoms with Crippen molar-refractivity contribution in [2.24, 2.45) is 0 Å². The van der Waals surface area contributed by atoms with Gasteiger partial charge in [0.15, 0.2) is 0 Å². The van der Waals surface area contributed by atoms with Crippen molar-refractivity contribution in [2.75, 3.05) is 40.9 Å². The maximum atomic E-state index is 12.9. The molecule has 3 unspecified atom stereocenters. The van der Waals surface area contributed by atoms with E-state index < -0.39 is 20.0 Å². The molecule has 0 aliphatic heterocycles. The minimum Gasteiger partial charge on any atom is -0.391 e. The predicted octanol–water partition coefficient (Wildman–Crippen LogP) is 14.1. The van der Waals surface area contributed by atoms with Gasteiger partial charge in [-0.1, -0.05) is 205 Å². The lowest BCUT2D eigenvalue weighted by Gasteiger charge is -2.26. The molecule has 0 fully saturated rings. The molecule has 0 saturated heterocycles. The summed E-state index contributed by atoms with van der Waals surface area (Å²) in [5, 5.41) is 14.0. The van der Waals surface area contributed by atoms with Crippen molar-refractivity contribution < 1.29 is 32.9 Å². The van der Waals surface area contributed by atoms with Crippen LogP contribution in [0.1, 0.15) is 232 Å². The molecule has 0 saturated carbocycles. The monoisotopic (exact) mass is 842 g/mol. The summed E-state index contributed by atoms with van der Waals surface area (Å²) in [7, 11) is 1.62. The van der Waals surface area contributed by atoms with Gasteiger partial charge in [-0.2, -0.15) is 0 Å². The van der Waals surface area contributed by atoms with Gasteiger partial charge >= 0.3 is 7.82 Å². The van der Waals surface area contributed by atoms with Crippen molar-refractivity contribution in [3.8, 4) is 0 Å². The number of phosphoric acid groups is 1. The van der Waals surface area contributed by atoms with Crippen molar-refractivity contribution in [2.45, 2.75) is 244 Å². The van der Waals surface area contributed by atoms with Crippen LogP contribution in [0.4, 0.5) is 0 Å². The number of likely N-dealkylation sites (N-methyl/N-ethyl adjacent to an activating group) is 1. The van der Waals surface area contributed by atoms with Gasteiger partial charge in [0.05, 0.1) is 39.9 Å². The first kappa shape index (κ1) is 57.0. The van der Waals surface area contributed by atoms with Crippen LogP contribution in [0.2, 0.25) is 0 Å². The predicted molar refractivity (Wildman–Crippen MR) is 249 cm³/mol. The van der Waals surface area contributed by atoms with Gasteiger partial charge in [-0.25, -0.2) is 4.57 Å². The average Bonchev–Trinajstić information content (AvgIpc) is 3.17. The lowest BCUT2D eigenvalue weighted by atomic mass is 10.0. The fraction of sp³-hybridized carbons (Fsp3) is 0.898. The minimum absolute atomic E-state index is 0.0747. The van der Waals surface area contributed by atoms with E-state index >= 15 is 0 Å². The fourth-order valence-electron chi connectivity index (χ4n) is 7.25. The standard InChI is InChI=1S/C49H97N2O6P/c1-6-8-10-12-14-16-18-20-22-24-25-27-29-31-33-35-37-39-41-43-49(53)50-47(46-57-58(54,55)56-45-44-51(3,4)5)48(52)42-40-38-36-34-32-30-28-26-23-21-19-17-15-13-11-9-7-2/h14,16,20,22,47-48,52H,6-13,15,17-19,21,23-46H2,1-5H3,(H-,50,53,54,55)/p+1/b16-14-,22-20-. The van der Waals surface area contributed by atoms with E-state index in [0.29, 0.717) is 23.9 Å². The van der Waals surface area contributed by atoms with Crippen LogP contribution in [-0.2, 0) is 18.4 Å². The summed E-state index contributed by atoms with van der Waals surface area (Å²) in [6, 6.07) is -0.760. The van der Waals surface area contributed by atoms with Crippen LogP contribution < -0.4 is 5.32 Å². The van der Waals surface area contributed by atoms with E-state index in [1.54, 1.807) is 0 Å². The first-order valence-electron chi connectivity index (χ1n) is 24.7. The molecule has 3 N–H and O–H groups in total. The Labute approximate surface area is 360 Å². The molecule has 0 spiro atoms. The Hall–Kier alpha value is -1.02. The molecule has 0 heterocycles. The van der Waals surface area contributed by atoms with Crippen molar-refractivity contribution in [3.63, 3.8) is 0 Å². The highest BCUT2D eigenvalue weighted by molar-refractivity contribution is 7.47. The Bertz CT molecular complexity index is 1000. The molecule has 0 bridgehead atoms. The van der Waals surface area contributed by atoms with Crippen LogP contribution in [-0.4, -0.2) is 73.4 Å². The Morgan fingerprint density at radius 3 is 1.45 bits per heavy atom. The summed E-state index contributed by atoms with van der Waals surface area (Å²) in [6.45, 7) is 4.88. The third kappa shape index (κ3) is 43.1. The Balaban J connectivity index is 4.29. The molecule has 0 aromatic heterocycles. The normalized spacial score (nSPS) is 14.4. The van der Waals surface area contributed by atoms with Crippen LogP contribution in [0.5, 0.6) is 0 Å². The number of nitrogens with zero attached hydrogens (tertiary/aromatic N) is 1. The van der Waals surface area contributed by atoms with Gasteiger partial charge in [0.1, 0.15) is 13.2 Å². The van der Waals surface area contributed by atoms with Gasteiger partial charge in [0.25, 0.3) is 0 Å². The number of nitrogens with one attached hydrogen (secondary N) is 1. The SMILES string of the molecule is CCCCC/C=C\C/C=C\CCCCCCCCCCCC(=O)NC(COP(=O)(O)OCC[N+](C)(C)C)C(O)CCCCCCCCCCCCCCCCCCC. The topological polar surface area (TPSA) is 105 Å². The third-order valence-electron chi connectivity index (χ3n) is 11.2. The second kappa shape index (κ2) is 41.3. The minimum atomic E-state index is -4.32. The number of aliphatic hydroxyl groups is 1. The highest BCUT2D eigenvalue weighted by atomic mass is 31.2. The number of phosphoric ester groups is 1. The molecule has 0 aromatic carbocycles. The Kier molecular flexibility index (Phi) is 40.6. The molecule has 9 heteroatoms. The van der Waals surface area contributed by atoms with Gasteiger partial charge in [-0.15, -0.1) is 0 Å². The van der Waals surface area contributed by atoms with E-state index in [1.165, 1.54) is 161 Å². The van der Waals surface area contributed by atoms with Crippen molar-refractivity contribution >= 4 is 13.7 Å². The molecule has 3 atom stereocenters. The Morgan fingerprint density at radius 2 is 0.983 bits per heavy atom. The zero-order valence-electron chi connectivity index (χ0n) is 39.0. The molecule has 0 aliphatic carbocycles. The molecule has 8 nitrogen and oxygen atoms in total. The van der Waals surface area contributed by atoms with Gasteiger partial charge in [0.2, 0.25) is 5.91 Å². The summed E-state index contributed by atoms with van der Waals surface area (Å²) in [5.41, 5.74) is 0. The first-order valence-corrected chi connectivity index (χ1v) is 26.2. The van der Waals surface area contributed by atoms with Crippen molar-refractivity contribution in [1.29, 1.82) is 0 Å². The molecule has 0 aromatic rings. The van der Waals surface area contributed by atoms with Gasteiger partial charge in [-0.05, 0) is 44.9 Å². The molecule has 0 radical (unpaired) electrons. The van der Waals surface area contributed by atoms with Gasteiger partial charge < -0.3 is 19.8 Å². The molecule has 0 aliphatic rings. The van der Waals surface area contributed by atoms with E-state index in [0.717, 1.165) is 44.9 Å². The number of quaternary nitrogens is 1. The Morgan fingerprint density at radius 1 is 0.586 bits per heavy atom. The quantitative estimate of drug-likeness (QED) is 0.0244. The fourth-order valence-corrected chi connectivity index (χ4v) is 7.99. The molecule has 58 heavy (non-hydrogen) atoms. The smallest absolute Gasteiger partial charge is 0.391 e. The zero-order valence-corrected chi connectivity index (χ0v) is 39.9. The molecular weight excluding hydrogens is 744 g/mol. The number of unbranched alkanes of at least 4 members (excludes halogenated alkanes) is 28. The number of carbonyl (C=O) groups is 1. The number of aliphatic hydroxyl groups excluding tert-OH is 1. The number of allylic oxidation sites excluding steroid dienone is 4.